The summed E-state index contributed by atoms with van der Waals surface area (Å²) in [6.45, 7) is 10.3. The van der Waals surface area contributed by atoms with E-state index in [-0.39, 0.29) is 5.91 Å². The van der Waals surface area contributed by atoms with Crippen molar-refractivity contribution in [1.29, 1.82) is 0 Å². The SMILES string of the molecule is C=CCNC(=O)c1cncc(C/C(=C/C=C\C)C(=C)CN)c1. The van der Waals surface area contributed by atoms with Gasteiger partial charge in [0.1, 0.15) is 0 Å². The van der Waals surface area contributed by atoms with E-state index in [1.165, 1.54) is 0 Å². The molecule has 1 heterocycles. The number of nitrogens with zero attached hydrogens (tertiary/aromatic N) is 1. The Bertz CT molecular complexity index is 600. The highest BCUT2D eigenvalue weighted by Gasteiger charge is 2.08. The summed E-state index contributed by atoms with van der Waals surface area (Å²) in [6, 6.07) is 1.83. The first-order valence-corrected chi connectivity index (χ1v) is 7.15. The van der Waals surface area contributed by atoms with Crippen LogP contribution in [0.1, 0.15) is 22.8 Å². The lowest BCUT2D eigenvalue weighted by molar-refractivity contribution is 0.0957. The molecule has 0 fully saturated rings. The third-order valence-corrected chi connectivity index (χ3v) is 3.05. The number of hydrogen-bond donors (Lipinski definition) is 2. The molecule has 0 aliphatic carbocycles. The molecule has 0 spiro atoms. The summed E-state index contributed by atoms with van der Waals surface area (Å²) in [5, 5.41) is 2.74. The predicted octanol–water partition coefficient (Wildman–Crippen LogP) is 2.56. The van der Waals surface area contributed by atoms with Gasteiger partial charge in [0.15, 0.2) is 0 Å². The molecule has 1 aromatic heterocycles. The van der Waals surface area contributed by atoms with E-state index in [0.29, 0.717) is 25.1 Å². The van der Waals surface area contributed by atoms with E-state index >= 15 is 0 Å². The quantitative estimate of drug-likeness (QED) is 0.572. The molecule has 0 unspecified atom stereocenters. The Morgan fingerprint density at radius 1 is 1.45 bits per heavy atom. The molecule has 4 nitrogen and oxygen atoms in total. The van der Waals surface area contributed by atoms with Gasteiger partial charge in [0.05, 0.1) is 5.56 Å². The summed E-state index contributed by atoms with van der Waals surface area (Å²) in [5.74, 6) is -0.161. The van der Waals surface area contributed by atoms with Crippen LogP contribution in [0.5, 0.6) is 0 Å². The number of nitrogens with one attached hydrogen (secondary N) is 1. The summed E-state index contributed by atoms with van der Waals surface area (Å²) in [4.78, 5) is 16.1. The van der Waals surface area contributed by atoms with Gasteiger partial charge in [0.25, 0.3) is 5.91 Å². The van der Waals surface area contributed by atoms with E-state index in [1.807, 2.05) is 31.2 Å². The lowest BCUT2D eigenvalue weighted by atomic mass is 9.99. The van der Waals surface area contributed by atoms with Crippen molar-refractivity contribution < 1.29 is 4.79 Å². The van der Waals surface area contributed by atoms with Gasteiger partial charge >= 0.3 is 0 Å². The van der Waals surface area contributed by atoms with Crippen LogP contribution in [0.2, 0.25) is 0 Å². The number of carbonyl (C=O) groups is 1. The first-order valence-electron chi connectivity index (χ1n) is 7.15. The van der Waals surface area contributed by atoms with Crippen molar-refractivity contribution in [3.05, 3.63) is 78.2 Å². The summed E-state index contributed by atoms with van der Waals surface area (Å²) in [7, 11) is 0. The standard InChI is InChI=1S/C18H23N3O/c1-4-6-7-16(14(3)11-19)9-15-10-17(13-20-12-15)18(22)21-8-5-2/h4-7,10,12-13H,2-3,8-9,11,19H2,1H3,(H,21,22)/b6-4-,16-7-. The highest BCUT2D eigenvalue weighted by Crippen LogP contribution is 2.15. The van der Waals surface area contributed by atoms with Gasteiger partial charge in [-0.25, -0.2) is 0 Å². The minimum absolute atomic E-state index is 0.161. The molecular formula is C18H23N3O. The van der Waals surface area contributed by atoms with Gasteiger partial charge in [0.2, 0.25) is 0 Å². The van der Waals surface area contributed by atoms with Gasteiger partial charge in [-0.1, -0.05) is 30.9 Å². The van der Waals surface area contributed by atoms with Crippen molar-refractivity contribution in [3.63, 3.8) is 0 Å². The molecule has 0 aliphatic rings. The summed E-state index contributed by atoms with van der Waals surface area (Å²) in [6.07, 6.45) is 11.5. The lowest BCUT2D eigenvalue weighted by Crippen LogP contribution is -2.23. The van der Waals surface area contributed by atoms with Crippen LogP contribution in [0.3, 0.4) is 0 Å². The van der Waals surface area contributed by atoms with Crippen molar-refractivity contribution in [2.24, 2.45) is 5.73 Å². The van der Waals surface area contributed by atoms with Gasteiger partial charge in [0, 0.05) is 25.5 Å². The van der Waals surface area contributed by atoms with E-state index in [9.17, 15) is 4.79 Å². The third-order valence-electron chi connectivity index (χ3n) is 3.05. The van der Waals surface area contributed by atoms with Gasteiger partial charge in [-0.15, -0.1) is 6.58 Å². The molecule has 1 aromatic rings. The van der Waals surface area contributed by atoms with Crippen LogP contribution in [-0.2, 0) is 6.42 Å². The van der Waals surface area contributed by atoms with Crippen molar-refractivity contribution in [3.8, 4) is 0 Å². The molecule has 0 bridgehead atoms. The van der Waals surface area contributed by atoms with Crippen molar-refractivity contribution in [2.75, 3.05) is 13.1 Å². The molecule has 0 aromatic carbocycles. The van der Waals surface area contributed by atoms with Crippen molar-refractivity contribution in [2.45, 2.75) is 13.3 Å². The zero-order chi connectivity index (χ0) is 16.4. The summed E-state index contributed by atoms with van der Waals surface area (Å²) >= 11 is 0. The number of allylic oxidation sites excluding steroid dienone is 3. The monoisotopic (exact) mass is 297 g/mol. The molecule has 0 saturated heterocycles. The second kappa shape index (κ2) is 9.47. The molecule has 4 heteroatoms. The van der Waals surface area contributed by atoms with E-state index < -0.39 is 0 Å². The Morgan fingerprint density at radius 2 is 2.23 bits per heavy atom. The second-order valence-electron chi connectivity index (χ2n) is 4.78. The molecule has 0 atom stereocenters. The summed E-state index contributed by atoms with van der Waals surface area (Å²) < 4.78 is 0. The normalized spacial score (nSPS) is 11.5. The number of aromatic nitrogens is 1. The Kier molecular flexibility index (Phi) is 7.57. The highest BCUT2D eigenvalue weighted by molar-refractivity contribution is 5.94. The Hall–Kier alpha value is -2.46. The maximum atomic E-state index is 11.9. The molecule has 0 aliphatic heterocycles. The topological polar surface area (TPSA) is 68.0 Å². The van der Waals surface area contributed by atoms with Crippen LogP contribution in [0.25, 0.3) is 0 Å². The molecule has 0 saturated carbocycles. The molecule has 22 heavy (non-hydrogen) atoms. The number of rotatable bonds is 8. The zero-order valence-electron chi connectivity index (χ0n) is 13.0. The first kappa shape index (κ1) is 17.6. The molecule has 1 rings (SSSR count). The highest BCUT2D eigenvalue weighted by atomic mass is 16.1. The lowest BCUT2D eigenvalue weighted by Gasteiger charge is -2.10. The van der Waals surface area contributed by atoms with E-state index in [0.717, 1.165) is 16.7 Å². The average molecular weight is 297 g/mol. The van der Waals surface area contributed by atoms with E-state index in [2.05, 4.69) is 23.5 Å². The fraction of sp³-hybridized carbons (Fsp3) is 0.222. The number of hydrogen-bond acceptors (Lipinski definition) is 3. The molecule has 116 valence electrons. The average Bonchev–Trinajstić information content (AvgIpc) is 2.55. The number of pyridine rings is 1. The zero-order valence-corrected chi connectivity index (χ0v) is 13.0. The number of nitrogens with two attached hydrogens (primary N) is 1. The van der Waals surface area contributed by atoms with Gasteiger partial charge in [-0.05, 0) is 36.1 Å². The molecular weight excluding hydrogens is 274 g/mol. The number of carbonyl (C=O) groups excluding carboxylic acids is 1. The minimum atomic E-state index is -0.161. The van der Waals surface area contributed by atoms with Crippen molar-refractivity contribution >= 4 is 5.91 Å². The summed E-state index contributed by atoms with van der Waals surface area (Å²) in [5.41, 5.74) is 9.06. The van der Waals surface area contributed by atoms with Crippen LogP contribution < -0.4 is 11.1 Å². The van der Waals surface area contributed by atoms with E-state index in [1.54, 1.807) is 18.5 Å². The Labute approximate surface area is 132 Å². The largest absolute Gasteiger partial charge is 0.349 e. The van der Waals surface area contributed by atoms with Crippen molar-refractivity contribution in [1.82, 2.24) is 10.3 Å². The predicted molar refractivity (Wildman–Crippen MR) is 91.6 cm³/mol. The minimum Gasteiger partial charge on any atom is -0.349 e. The van der Waals surface area contributed by atoms with Crippen LogP contribution in [0.15, 0.2) is 67.1 Å². The Morgan fingerprint density at radius 3 is 2.86 bits per heavy atom. The Balaban J connectivity index is 2.94. The maximum Gasteiger partial charge on any atom is 0.253 e. The van der Waals surface area contributed by atoms with Gasteiger partial charge in [-0.3, -0.25) is 9.78 Å². The molecule has 0 radical (unpaired) electrons. The third kappa shape index (κ3) is 5.50. The molecule has 3 N–H and O–H groups in total. The van der Waals surface area contributed by atoms with Crippen LogP contribution in [0.4, 0.5) is 0 Å². The smallest absolute Gasteiger partial charge is 0.253 e. The molecule has 1 amide bonds. The fourth-order valence-corrected chi connectivity index (χ4v) is 1.84. The first-order chi connectivity index (χ1) is 10.6. The second-order valence-corrected chi connectivity index (χ2v) is 4.78. The van der Waals surface area contributed by atoms with Crippen LogP contribution in [-0.4, -0.2) is 24.0 Å². The van der Waals surface area contributed by atoms with Crippen LogP contribution in [0, 0.1) is 0 Å². The van der Waals surface area contributed by atoms with Gasteiger partial charge < -0.3 is 11.1 Å². The van der Waals surface area contributed by atoms with Gasteiger partial charge in [-0.2, -0.15) is 0 Å². The van der Waals surface area contributed by atoms with Crippen LogP contribution >= 0.6 is 0 Å². The maximum absolute atomic E-state index is 11.9. The fourth-order valence-electron chi connectivity index (χ4n) is 1.84. The van der Waals surface area contributed by atoms with E-state index in [4.69, 9.17) is 5.73 Å². The number of amides is 1.